The number of aryl methyl sites for hydroxylation is 2. The number of carbonyl (C=O) groups is 1. The van der Waals surface area contributed by atoms with Crippen LogP contribution in [0.3, 0.4) is 0 Å². The molecule has 0 fully saturated rings. The molecule has 2 aromatic carbocycles. The first-order chi connectivity index (χ1) is 14.8. The highest BCUT2D eigenvalue weighted by atomic mass is 32.2. The minimum absolute atomic E-state index is 0.0215. The van der Waals surface area contributed by atoms with E-state index < -0.39 is 34.0 Å². The van der Waals surface area contributed by atoms with Crippen LogP contribution in [0.25, 0.3) is 0 Å². The van der Waals surface area contributed by atoms with Gasteiger partial charge in [-0.25, -0.2) is 13.0 Å². The van der Waals surface area contributed by atoms with Crippen molar-refractivity contribution >= 4 is 22.5 Å². The van der Waals surface area contributed by atoms with Gasteiger partial charge in [0.15, 0.2) is 5.82 Å². The molecule has 0 aliphatic rings. The molecule has 0 amide bonds. The molecule has 9 heteroatoms. The highest BCUT2D eigenvalue weighted by Gasteiger charge is 2.24. The normalized spacial score (nSPS) is 11.3. The number of nitriles is 1. The van der Waals surface area contributed by atoms with Crippen LogP contribution in [0.1, 0.15) is 27.0 Å². The van der Waals surface area contributed by atoms with Gasteiger partial charge >= 0.3 is 0 Å². The van der Waals surface area contributed by atoms with Crippen LogP contribution in [0.4, 0.5) is 14.5 Å². The molecule has 158 valence electrons. The van der Waals surface area contributed by atoms with E-state index in [0.29, 0.717) is 10.5 Å². The molecule has 2 N–H and O–H groups in total. The number of benzene rings is 2. The SMILES string of the molecule is Cc1cc(C#N)cn(C)[nH]cc1C(=O)c1c(F)ccc(NS(=O)c2ccccc2)c1F. The van der Waals surface area contributed by atoms with Gasteiger partial charge in [0.25, 0.3) is 0 Å². The maximum atomic E-state index is 15.1. The van der Waals surface area contributed by atoms with Crippen molar-refractivity contribution in [1.29, 1.82) is 5.26 Å². The van der Waals surface area contributed by atoms with E-state index in [-0.39, 0.29) is 16.8 Å². The van der Waals surface area contributed by atoms with Crippen molar-refractivity contribution in [2.75, 3.05) is 4.72 Å². The van der Waals surface area contributed by atoms with E-state index in [2.05, 4.69) is 9.82 Å². The molecule has 31 heavy (non-hydrogen) atoms. The van der Waals surface area contributed by atoms with E-state index >= 15 is 4.39 Å². The smallest absolute Gasteiger partial charge is 0.200 e. The van der Waals surface area contributed by atoms with Crippen LogP contribution in [0.15, 0.2) is 65.8 Å². The van der Waals surface area contributed by atoms with Crippen LogP contribution in [0.2, 0.25) is 0 Å². The minimum atomic E-state index is -1.81. The summed E-state index contributed by atoms with van der Waals surface area (Å²) in [5, 5.41) is 12.0. The van der Waals surface area contributed by atoms with Crippen LogP contribution in [0.5, 0.6) is 0 Å². The van der Waals surface area contributed by atoms with Crippen molar-refractivity contribution in [2.45, 2.75) is 11.8 Å². The number of rotatable bonds is 5. The van der Waals surface area contributed by atoms with E-state index in [1.165, 1.54) is 23.1 Å². The van der Waals surface area contributed by atoms with Crippen LogP contribution >= 0.6 is 0 Å². The van der Waals surface area contributed by atoms with Crippen molar-refractivity contribution in [3.8, 4) is 6.07 Å². The van der Waals surface area contributed by atoms with Gasteiger partial charge in [-0.15, -0.1) is 0 Å². The standard InChI is InChI=1S/C22H18F2N4O2S/c1-14-10-15(11-25)13-28(2)26-12-17(14)22(29)20-18(23)8-9-19(21(20)24)27-31(30)16-6-4-3-5-7-16/h3-10,12-13,26-27H,1-2H3. The Labute approximate surface area is 180 Å². The summed E-state index contributed by atoms with van der Waals surface area (Å²) >= 11 is 0. The predicted octanol–water partition coefficient (Wildman–Crippen LogP) is 4.30. The van der Waals surface area contributed by atoms with E-state index in [0.717, 1.165) is 12.1 Å². The second-order valence-corrected chi connectivity index (χ2v) is 7.83. The summed E-state index contributed by atoms with van der Waals surface area (Å²) in [5.74, 6) is -3.13. The summed E-state index contributed by atoms with van der Waals surface area (Å²) in [6.45, 7) is 1.56. The number of halogens is 2. The van der Waals surface area contributed by atoms with Crippen LogP contribution in [-0.2, 0) is 18.0 Å². The summed E-state index contributed by atoms with van der Waals surface area (Å²) in [7, 11) is -0.206. The number of nitrogens with one attached hydrogen (secondary N) is 2. The highest BCUT2D eigenvalue weighted by molar-refractivity contribution is 7.86. The summed E-state index contributed by atoms with van der Waals surface area (Å²) in [5.41, 5.74) is -0.486. The quantitative estimate of drug-likeness (QED) is 0.580. The summed E-state index contributed by atoms with van der Waals surface area (Å²) in [4.78, 5) is 13.5. The summed E-state index contributed by atoms with van der Waals surface area (Å²) < 4.78 is 46.0. The Kier molecular flexibility index (Phi) is 6.62. The van der Waals surface area contributed by atoms with Gasteiger partial charge in [-0.05, 0) is 42.8 Å². The Hall–Kier alpha value is -3.77. The average molecular weight is 440 g/mol. The maximum Gasteiger partial charge on any atom is 0.200 e. The monoisotopic (exact) mass is 440 g/mol. The van der Waals surface area contributed by atoms with Gasteiger partial charge in [0.05, 0.1) is 21.7 Å². The zero-order chi connectivity index (χ0) is 22.5. The lowest BCUT2D eigenvalue weighted by Crippen LogP contribution is -2.13. The van der Waals surface area contributed by atoms with E-state index in [1.54, 1.807) is 44.3 Å². The second-order valence-electron chi connectivity index (χ2n) is 6.62. The number of ketones is 1. The fraction of sp³-hybridized carbons (Fsp3) is 0.0909. The molecule has 1 heterocycles. The lowest BCUT2D eigenvalue weighted by molar-refractivity contribution is 0.103. The fourth-order valence-corrected chi connectivity index (χ4v) is 3.74. The molecule has 1 aromatic heterocycles. The largest absolute Gasteiger partial charge is 0.306 e. The molecule has 0 radical (unpaired) electrons. The first kappa shape index (κ1) is 21.9. The van der Waals surface area contributed by atoms with Gasteiger partial charge in [0.1, 0.15) is 22.9 Å². The van der Waals surface area contributed by atoms with Gasteiger partial charge in [0.2, 0.25) is 5.78 Å². The Morgan fingerprint density at radius 1 is 1.19 bits per heavy atom. The minimum Gasteiger partial charge on any atom is -0.306 e. The summed E-state index contributed by atoms with van der Waals surface area (Å²) in [6.07, 6.45) is 2.81. The van der Waals surface area contributed by atoms with Gasteiger partial charge in [0, 0.05) is 25.0 Å². The first-order valence-electron chi connectivity index (χ1n) is 9.07. The van der Waals surface area contributed by atoms with E-state index in [4.69, 9.17) is 0 Å². The molecule has 0 bridgehead atoms. The third-order valence-corrected chi connectivity index (χ3v) is 5.50. The van der Waals surface area contributed by atoms with E-state index in [1.807, 2.05) is 6.07 Å². The molecule has 1 unspecified atom stereocenters. The number of hydrogen-bond acceptors (Lipinski definition) is 3. The molecule has 3 rings (SSSR count). The third kappa shape index (κ3) is 4.87. The number of aromatic amines is 1. The molecule has 6 nitrogen and oxygen atoms in total. The lowest BCUT2D eigenvalue weighted by atomic mass is 9.99. The van der Waals surface area contributed by atoms with Crippen molar-refractivity contribution in [3.63, 3.8) is 0 Å². The zero-order valence-corrected chi connectivity index (χ0v) is 17.5. The average Bonchev–Trinajstić information content (AvgIpc) is 2.74. The fourth-order valence-electron chi connectivity index (χ4n) is 2.86. The van der Waals surface area contributed by atoms with Gasteiger partial charge in [-0.3, -0.25) is 14.2 Å². The van der Waals surface area contributed by atoms with E-state index in [9.17, 15) is 18.7 Å². The van der Waals surface area contributed by atoms with Gasteiger partial charge in [-0.2, -0.15) is 5.26 Å². The number of nitrogens with zero attached hydrogens (tertiary/aromatic N) is 2. The molecular formula is C22H18F2N4O2S. The molecule has 0 aliphatic carbocycles. The Balaban J connectivity index is 2.07. The Morgan fingerprint density at radius 3 is 2.58 bits per heavy atom. The van der Waals surface area contributed by atoms with Crippen molar-refractivity contribution in [2.24, 2.45) is 7.05 Å². The third-order valence-electron chi connectivity index (χ3n) is 4.39. The highest BCUT2D eigenvalue weighted by Crippen LogP contribution is 2.26. The summed E-state index contributed by atoms with van der Waals surface area (Å²) in [6, 6.07) is 13.7. The number of aromatic nitrogens is 2. The topological polar surface area (TPSA) is 90.7 Å². The zero-order valence-electron chi connectivity index (χ0n) is 16.6. The van der Waals surface area contributed by atoms with Gasteiger partial charge in [-0.1, -0.05) is 18.2 Å². The second kappa shape index (κ2) is 9.36. The molecule has 1 atom stereocenters. The first-order valence-corrected chi connectivity index (χ1v) is 10.2. The predicted molar refractivity (Wildman–Crippen MR) is 113 cm³/mol. The molecular weight excluding hydrogens is 422 g/mol. The van der Waals surface area contributed by atoms with Crippen molar-refractivity contribution < 1.29 is 17.8 Å². The van der Waals surface area contributed by atoms with Crippen LogP contribution < -0.4 is 4.72 Å². The molecule has 0 saturated carbocycles. The van der Waals surface area contributed by atoms with Crippen LogP contribution in [0, 0.1) is 29.9 Å². The van der Waals surface area contributed by atoms with Crippen LogP contribution in [-0.4, -0.2) is 19.8 Å². The molecule has 3 aromatic rings. The Morgan fingerprint density at radius 2 is 1.90 bits per heavy atom. The van der Waals surface area contributed by atoms with Gasteiger partial charge < -0.3 is 5.10 Å². The van der Waals surface area contributed by atoms with Crippen molar-refractivity contribution in [1.82, 2.24) is 9.78 Å². The number of H-pyrrole nitrogens is 1. The number of anilines is 1. The Bertz CT molecular complexity index is 1260. The molecule has 0 spiro atoms. The maximum absolute atomic E-state index is 15.1. The van der Waals surface area contributed by atoms with Crippen molar-refractivity contribution in [3.05, 3.63) is 94.8 Å². The molecule has 0 saturated heterocycles. The molecule has 0 aliphatic heterocycles. The number of carbonyl (C=O) groups excluding carboxylic acids is 1. The number of hydrogen-bond donors (Lipinski definition) is 2. The lowest BCUT2D eigenvalue weighted by Gasteiger charge is -2.12.